The average molecular weight is 487 g/mol. The zero-order valence-electron chi connectivity index (χ0n) is 19.2. The zero-order valence-corrected chi connectivity index (χ0v) is 19.9. The van der Waals surface area contributed by atoms with Gasteiger partial charge in [0.15, 0.2) is 0 Å². The van der Waals surface area contributed by atoms with Gasteiger partial charge in [-0.15, -0.1) is 0 Å². The quantitative estimate of drug-likeness (QED) is 0.214. The third-order valence-corrected chi connectivity index (χ3v) is 5.60. The van der Waals surface area contributed by atoms with E-state index < -0.39 is 5.97 Å². The minimum absolute atomic E-state index is 0.156. The smallest absolute Gasteiger partial charge is 0.335 e. The highest BCUT2D eigenvalue weighted by atomic mass is 35.5. The van der Waals surface area contributed by atoms with Crippen LogP contribution in [-0.4, -0.2) is 30.9 Å². The molecule has 4 aromatic carbocycles. The van der Waals surface area contributed by atoms with Gasteiger partial charge in [0.1, 0.15) is 24.3 Å². The number of ether oxygens (including phenoxy) is 1. The van der Waals surface area contributed by atoms with Gasteiger partial charge in [-0.25, -0.2) is 4.79 Å². The highest BCUT2D eigenvalue weighted by Gasteiger charge is 2.12. The van der Waals surface area contributed by atoms with E-state index in [0.717, 1.165) is 22.5 Å². The fourth-order valence-electron chi connectivity index (χ4n) is 3.56. The molecule has 4 rings (SSSR count). The summed E-state index contributed by atoms with van der Waals surface area (Å²) in [6.07, 6.45) is 0. The number of halogens is 1. The van der Waals surface area contributed by atoms with Gasteiger partial charge in [0.2, 0.25) is 0 Å². The summed E-state index contributed by atoms with van der Waals surface area (Å²) in [5.41, 5.74) is 4.47. The van der Waals surface area contributed by atoms with Crippen LogP contribution in [0.2, 0.25) is 5.02 Å². The molecular weight excluding hydrogens is 464 g/mol. The lowest BCUT2D eigenvalue weighted by Crippen LogP contribution is -2.10. The minimum Gasteiger partial charge on any atom is -0.478 e. The van der Waals surface area contributed by atoms with Crippen LogP contribution < -0.4 is 9.64 Å². The van der Waals surface area contributed by atoms with Gasteiger partial charge >= 0.3 is 5.97 Å². The molecule has 0 fully saturated rings. The van der Waals surface area contributed by atoms with Crippen molar-refractivity contribution in [3.63, 3.8) is 0 Å². The molecule has 4 aromatic rings. The minimum atomic E-state index is -1.01. The monoisotopic (exact) mass is 486 g/mol. The van der Waals surface area contributed by atoms with Crippen LogP contribution in [0.1, 0.15) is 21.5 Å². The van der Waals surface area contributed by atoms with Crippen molar-refractivity contribution < 1.29 is 19.5 Å². The molecule has 0 heterocycles. The molecular formula is C28H23ClN2O4. The number of hydrogen-bond donors (Lipinski definition) is 1. The summed E-state index contributed by atoms with van der Waals surface area (Å²) in [6.45, 7) is 0. The summed E-state index contributed by atoms with van der Waals surface area (Å²) in [6, 6.07) is 29.3. The Hall–Kier alpha value is -4.29. The number of carbonyl (C=O) groups is 1. The van der Waals surface area contributed by atoms with Crippen LogP contribution >= 0.6 is 11.6 Å². The Balaban J connectivity index is 1.58. The summed E-state index contributed by atoms with van der Waals surface area (Å²) < 4.78 is 5.91. The van der Waals surface area contributed by atoms with Crippen molar-refractivity contribution in [2.24, 2.45) is 5.16 Å². The fraction of sp³-hybridized carbons (Fsp3) is 0.0714. The van der Waals surface area contributed by atoms with Crippen molar-refractivity contribution >= 4 is 34.7 Å². The lowest BCUT2D eigenvalue weighted by Gasteiger charge is -2.20. The molecule has 0 atom stereocenters. The third-order valence-electron chi connectivity index (χ3n) is 5.35. The first-order chi connectivity index (χ1) is 16.9. The Morgan fingerprint density at radius 3 is 1.91 bits per heavy atom. The molecule has 0 aliphatic carbocycles. The highest BCUT2D eigenvalue weighted by Crippen LogP contribution is 2.27. The van der Waals surface area contributed by atoms with Crippen LogP contribution in [0.5, 0.6) is 11.5 Å². The number of carboxylic acids is 1. The van der Waals surface area contributed by atoms with Crippen molar-refractivity contribution in [1.82, 2.24) is 0 Å². The van der Waals surface area contributed by atoms with Gasteiger partial charge < -0.3 is 19.6 Å². The summed E-state index contributed by atoms with van der Waals surface area (Å²) in [4.78, 5) is 18.4. The van der Waals surface area contributed by atoms with Gasteiger partial charge in [0.25, 0.3) is 0 Å². The SMILES string of the molecule is CON=C(c1ccc(N(C)c2ccc(Cl)cc2)cc1)c1cccc(Oc2cccc(C(=O)O)c2)c1. The van der Waals surface area contributed by atoms with Crippen molar-refractivity contribution in [2.45, 2.75) is 0 Å². The van der Waals surface area contributed by atoms with E-state index in [1.807, 2.05) is 73.8 Å². The molecule has 0 saturated heterocycles. The molecule has 0 aliphatic heterocycles. The first-order valence-corrected chi connectivity index (χ1v) is 11.1. The maximum atomic E-state index is 11.2. The van der Waals surface area contributed by atoms with Gasteiger partial charge in [-0.05, 0) is 66.7 Å². The molecule has 0 spiro atoms. The lowest BCUT2D eigenvalue weighted by atomic mass is 10.0. The Bertz CT molecular complexity index is 1350. The summed E-state index contributed by atoms with van der Waals surface area (Å²) in [5.74, 6) is -0.0290. The summed E-state index contributed by atoms with van der Waals surface area (Å²) in [5, 5.41) is 14.2. The number of benzene rings is 4. The second-order valence-corrected chi connectivity index (χ2v) is 8.10. The normalized spacial score (nSPS) is 11.1. The van der Waals surface area contributed by atoms with Crippen LogP contribution in [0, 0.1) is 0 Å². The van der Waals surface area contributed by atoms with Crippen LogP contribution in [0.4, 0.5) is 11.4 Å². The van der Waals surface area contributed by atoms with Gasteiger partial charge in [-0.1, -0.05) is 47.1 Å². The first kappa shape index (κ1) is 23.9. The second-order valence-electron chi connectivity index (χ2n) is 7.67. The van der Waals surface area contributed by atoms with Crippen LogP contribution in [-0.2, 0) is 4.84 Å². The van der Waals surface area contributed by atoms with Crippen molar-refractivity contribution in [3.05, 3.63) is 119 Å². The average Bonchev–Trinajstić information content (AvgIpc) is 2.88. The Kier molecular flexibility index (Phi) is 7.33. The predicted octanol–water partition coefficient (Wildman–Crippen LogP) is 7.00. The zero-order chi connectivity index (χ0) is 24.8. The fourth-order valence-corrected chi connectivity index (χ4v) is 3.68. The molecule has 7 heteroatoms. The maximum Gasteiger partial charge on any atom is 0.335 e. The number of hydrogen-bond acceptors (Lipinski definition) is 5. The van der Waals surface area contributed by atoms with E-state index in [2.05, 4.69) is 10.1 Å². The largest absolute Gasteiger partial charge is 0.478 e. The van der Waals surface area contributed by atoms with E-state index in [9.17, 15) is 9.90 Å². The van der Waals surface area contributed by atoms with Gasteiger partial charge in [-0.2, -0.15) is 0 Å². The molecule has 0 unspecified atom stereocenters. The molecule has 0 saturated carbocycles. The van der Waals surface area contributed by atoms with E-state index in [-0.39, 0.29) is 5.56 Å². The number of oxime groups is 1. The van der Waals surface area contributed by atoms with E-state index in [0.29, 0.717) is 22.2 Å². The summed E-state index contributed by atoms with van der Waals surface area (Å²) >= 11 is 6.01. The number of anilines is 2. The Morgan fingerprint density at radius 1 is 0.800 bits per heavy atom. The third kappa shape index (κ3) is 5.80. The van der Waals surface area contributed by atoms with Gasteiger partial charge in [0.05, 0.1) is 5.56 Å². The van der Waals surface area contributed by atoms with E-state index in [4.69, 9.17) is 21.2 Å². The second kappa shape index (κ2) is 10.8. The van der Waals surface area contributed by atoms with Gasteiger partial charge in [-0.3, -0.25) is 0 Å². The molecule has 176 valence electrons. The van der Waals surface area contributed by atoms with Crippen LogP contribution in [0.15, 0.2) is 102 Å². The van der Waals surface area contributed by atoms with Crippen LogP contribution in [0.3, 0.4) is 0 Å². The molecule has 0 amide bonds. The first-order valence-electron chi connectivity index (χ1n) is 10.8. The van der Waals surface area contributed by atoms with E-state index in [1.54, 1.807) is 18.2 Å². The lowest BCUT2D eigenvalue weighted by molar-refractivity contribution is 0.0696. The van der Waals surface area contributed by atoms with Crippen LogP contribution in [0.25, 0.3) is 0 Å². The standard InChI is InChI=1S/C28H23ClN2O4/c1-31(24-15-11-22(29)12-16-24)23-13-9-19(10-14-23)27(30-34-2)20-5-3-7-25(17-20)35-26-8-4-6-21(18-26)28(32)33/h3-18H,1-2H3,(H,32,33). The molecule has 0 aliphatic rings. The van der Waals surface area contributed by atoms with Gasteiger partial charge in [0, 0.05) is 34.6 Å². The van der Waals surface area contributed by atoms with Crippen molar-refractivity contribution in [3.8, 4) is 11.5 Å². The number of nitrogens with zero attached hydrogens (tertiary/aromatic N) is 2. The Morgan fingerprint density at radius 2 is 1.34 bits per heavy atom. The van der Waals surface area contributed by atoms with E-state index in [1.165, 1.54) is 19.2 Å². The highest BCUT2D eigenvalue weighted by molar-refractivity contribution is 6.30. The number of carboxylic acid groups (broad SMARTS) is 1. The molecule has 6 nitrogen and oxygen atoms in total. The summed E-state index contributed by atoms with van der Waals surface area (Å²) in [7, 11) is 3.49. The maximum absolute atomic E-state index is 11.2. The molecule has 0 aromatic heterocycles. The molecule has 1 N–H and O–H groups in total. The number of rotatable bonds is 8. The van der Waals surface area contributed by atoms with Crippen molar-refractivity contribution in [2.75, 3.05) is 19.1 Å². The molecule has 0 bridgehead atoms. The number of aromatic carboxylic acids is 1. The van der Waals surface area contributed by atoms with E-state index >= 15 is 0 Å². The Labute approximate surface area is 208 Å². The van der Waals surface area contributed by atoms with Crippen molar-refractivity contribution in [1.29, 1.82) is 0 Å². The predicted molar refractivity (Wildman–Crippen MR) is 139 cm³/mol. The topological polar surface area (TPSA) is 71.4 Å². The molecule has 35 heavy (non-hydrogen) atoms. The molecule has 0 radical (unpaired) electrons.